The quantitative estimate of drug-likeness (QED) is 0.362. The number of aliphatic hydroxyl groups is 1. The van der Waals surface area contributed by atoms with Gasteiger partial charge in [-0.25, -0.2) is 0 Å². The van der Waals surface area contributed by atoms with E-state index in [-0.39, 0.29) is 11.9 Å². The monoisotopic (exact) mass is 424 g/mol. The van der Waals surface area contributed by atoms with Crippen molar-refractivity contribution in [1.29, 1.82) is 0 Å². The predicted octanol–water partition coefficient (Wildman–Crippen LogP) is 6.25. The molecule has 2 aromatic rings. The molecule has 31 heavy (non-hydrogen) atoms. The van der Waals surface area contributed by atoms with Crippen LogP contribution in [-0.4, -0.2) is 24.3 Å². The Morgan fingerprint density at radius 2 is 1.52 bits per heavy atom. The molecule has 168 valence electrons. The van der Waals surface area contributed by atoms with Gasteiger partial charge in [0, 0.05) is 0 Å². The Morgan fingerprint density at radius 1 is 0.903 bits per heavy atom. The van der Waals surface area contributed by atoms with E-state index in [1.165, 1.54) is 0 Å². The van der Waals surface area contributed by atoms with Crippen LogP contribution < -0.4 is 4.74 Å². The standard InChI is InChI=1S/C27H36O4/c1-3-5-6-20-31-26(28)23-15-17-27(29,18-16-23)24-11-7-21(8-12-24)22-9-13-25(14-10-22)30-19-4-2/h7-14,23,29H,3-6,15-20H2,1-2H3. The second-order valence-corrected chi connectivity index (χ2v) is 8.63. The third kappa shape index (κ3) is 6.33. The largest absolute Gasteiger partial charge is 0.494 e. The molecule has 0 spiro atoms. The van der Waals surface area contributed by atoms with Crippen LogP contribution >= 0.6 is 0 Å². The van der Waals surface area contributed by atoms with Crippen molar-refractivity contribution in [2.75, 3.05) is 13.2 Å². The van der Waals surface area contributed by atoms with Crippen LogP contribution in [0.2, 0.25) is 0 Å². The van der Waals surface area contributed by atoms with Gasteiger partial charge in [-0.3, -0.25) is 4.79 Å². The average Bonchev–Trinajstić information content (AvgIpc) is 2.81. The summed E-state index contributed by atoms with van der Waals surface area (Å²) in [5, 5.41) is 11.2. The summed E-state index contributed by atoms with van der Waals surface area (Å²) < 4.78 is 11.1. The van der Waals surface area contributed by atoms with Crippen LogP contribution in [0.15, 0.2) is 48.5 Å². The minimum Gasteiger partial charge on any atom is -0.494 e. The molecule has 0 heterocycles. The number of carbonyl (C=O) groups excluding carboxylic acids is 1. The maximum Gasteiger partial charge on any atom is 0.308 e. The molecule has 0 saturated heterocycles. The summed E-state index contributed by atoms with van der Waals surface area (Å²) in [4.78, 5) is 12.3. The van der Waals surface area contributed by atoms with Crippen molar-refractivity contribution in [1.82, 2.24) is 0 Å². The van der Waals surface area contributed by atoms with Crippen molar-refractivity contribution in [2.24, 2.45) is 5.92 Å². The molecule has 1 saturated carbocycles. The number of unbranched alkanes of at least 4 members (excludes halogenated alkanes) is 2. The highest BCUT2D eigenvalue weighted by Gasteiger charge is 2.37. The van der Waals surface area contributed by atoms with Crippen LogP contribution in [0.25, 0.3) is 11.1 Å². The van der Waals surface area contributed by atoms with Crippen molar-refractivity contribution < 1.29 is 19.4 Å². The lowest BCUT2D eigenvalue weighted by Crippen LogP contribution is -2.34. The lowest BCUT2D eigenvalue weighted by atomic mass is 9.75. The number of hydrogen-bond donors (Lipinski definition) is 1. The van der Waals surface area contributed by atoms with E-state index in [0.29, 0.717) is 32.3 Å². The van der Waals surface area contributed by atoms with Gasteiger partial charge in [0.15, 0.2) is 0 Å². The minimum absolute atomic E-state index is 0.0883. The Bertz CT molecular complexity index is 802. The summed E-state index contributed by atoms with van der Waals surface area (Å²) in [6.07, 6.45) is 6.64. The van der Waals surface area contributed by atoms with Gasteiger partial charge in [-0.1, -0.05) is 63.1 Å². The maximum absolute atomic E-state index is 12.3. The zero-order chi connectivity index (χ0) is 22.1. The zero-order valence-electron chi connectivity index (χ0n) is 18.9. The molecule has 1 fully saturated rings. The van der Waals surface area contributed by atoms with Gasteiger partial charge < -0.3 is 14.6 Å². The Balaban J connectivity index is 1.55. The highest BCUT2D eigenvalue weighted by molar-refractivity contribution is 5.72. The van der Waals surface area contributed by atoms with E-state index in [2.05, 4.69) is 38.1 Å². The fraction of sp³-hybridized carbons (Fsp3) is 0.519. The highest BCUT2D eigenvalue weighted by atomic mass is 16.5. The molecule has 0 amide bonds. The van der Waals surface area contributed by atoms with Crippen LogP contribution in [0.1, 0.15) is 70.8 Å². The minimum atomic E-state index is -0.866. The van der Waals surface area contributed by atoms with Gasteiger partial charge >= 0.3 is 5.97 Å². The highest BCUT2D eigenvalue weighted by Crippen LogP contribution is 2.40. The number of hydrogen-bond acceptors (Lipinski definition) is 4. The van der Waals surface area contributed by atoms with E-state index in [0.717, 1.165) is 54.7 Å². The van der Waals surface area contributed by atoms with E-state index < -0.39 is 5.60 Å². The van der Waals surface area contributed by atoms with E-state index in [4.69, 9.17) is 9.47 Å². The van der Waals surface area contributed by atoms with Crippen LogP contribution in [0.5, 0.6) is 5.75 Å². The van der Waals surface area contributed by atoms with Crippen molar-refractivity contribution in [2.45, 2.75) is 70.8 Å². The number of esters is 1. The van der Waals surface area contributed by atoms with Gasteiger partial charge in [-0.2, -0.15) is 0 Å². The molecular formula is C27H36O4. The number of benzene rings is 2. The van der Waals surface area contributed by atoms with E-state index >= 15 is 0 Å². The predicted molar refractivity (Wildman–Crippen MR) is 124 cm³/mol. The molecule has 2 aromatic carbocycles. The van der Waals surface area contributed by atoms with Crippen LogP contribution in [0.3, 0.4) is 0 Å². The van der Waals surface area contributed by atoms with Crippen LogP contribution in [0.4, 0.5) is 0 Å². The molecule has 0 aromatic heterocycles. The lowest BCUT2D eigenvalue weighted by Gasteiger charge is -2.35. The second kappa shape index (κ2) is 11.3. The summed E-state index contributed by atoms with van der Waals surface area (Å²) >= 11 is 0. The van der Waals surface area contributed by atoms with Gasteiger partial charge in [0.2, 0.25) is 0 Å². The van der Waals surface area contributed by atoms with Crippen molar-refractivity contribution >= 4 is 5.97 Å². The first-order valence-corrected chi connectivity index (χ1v) is 11.8. The third-order valence-electron chi connectivity index (χ3n) is 6.22. The molecule has 0 bridgehead atoms. The maximum atomic E-state index is 12.3. The second-order valence-electron chi connectivity index (χ2n) is 8.63. The molecule has 1 N–H and O–H groups in total. The summed E-state index contributed by atoms with van der Waals surface area (Å²) in [5.41, 5.74) is 2.29. The fourth-order valence-electron chi connectivity index (χ4n) is 4.20. The van der Waals surface area contributed by atoms with Crippen LogP contribution in [-0.2, 0) is 15.1 Å². The number of rotatable bonds is 10. The SMILES string of the molecule is CCCCCOC(=O)C1CCC(O)(c2ccc(-c3ccc(OCCC)cc3)cc2)CC1. The number of carbonyl (C=O) groups is 1. The molecule has 4 nitrogen and oxygen atoms in total. The molecular weight excluding hydrogens is 388 g/mol. The molecule has 4 heteroatoms. The van der Waals surface area contributed by atoms with Gasteiger partial charge in [0.1, 0.15) is 5.75 Å². The fourth-order valence-corrected chi connectivity index (χ4v) is 4.20. The lowest BCUT2D eigenvalue weighted by molar-refractivity contribution is -0.152. The molecule has 3 rings (SSSR count). The van der Waals surface area contributed by atoms with Gasteiger partial charge in [-0.05, 0) is 67.3 Å². The van der Waals surface area contributed by atoms with Gasteiger partial charge in [0.25, 0.3) is 0 Å². The Labute approximate surface area is 186 Å². The van der Waals surface area contributed by atoms with Crippen molar-refractivity contribution in [3.8, 4) is 16.9 Å². The average molecular weight is 425 g/mol. The molecule has 0 aliphatic heterocycles. The Kier molecular flexibility index (Phi) is 8.53. The summed E-state index contributed by atoms with van der Waals surface area (Å²) in [6.45, 7) is 5.47. The molecule has 0 unspecified atom stereocenters. The Hall–Kier alpha value is -2.33. The molecule has 0 atom stereocenters. The van der Waals surface area contributed by atoms with Gasteiger partial charge in [0.05, 0.1) is 24.7 Å². The van der Waals surface area contributed by atoms with E-state index in [1.807, 2.05) is 24.3 Å². The topological polar surface area (TPSA) is 55.8 Å². The van der Waals surface area contributed by atoms with Crippen LogP contribution in [0, 0.1) is 5.92 Å². The van der Waals surface area contributed by atoms with Crippen molar-refractivity contribution in [3.63, 3.8) is 0 Å². The Morgan fingerprint density at radius 3 is 2.10 bits per heavy atom. The summed E-state index contributed by atoms with van der Waals surface area (Å²) in [6, 6.07) is 16.3. The number of ether oxygens (including phenoxy) is 2. The molecule has 1 aliphatic carbocycles. The molecule has 0 radical (unpaired) electrons. The molecule has 1 aliphatic rings. The van der Waals surface area contributed by atoms with E-state index in [1.54, 1.807) is 0 Å². The summed E-state index contributed by atoms with van der Waals surface area (Å²) in [5.74, 6) is 0.701. The van der Waals surface area contributed by atoms with E-state index in [9.17, 15) is 9.90 Å². The van der Waals surface area contributed by atoms with Gasteiger partial charge in [-0.15, -0.1) is 0 Å². The third-order valence-corrected chi connectivity index (χ3v) is 6.22. The smallest absolute Gasteiger partial charge is 0.308 e. The normalized spacial score (nSPS) is 20.9. The first kappa shape index (κ1) is 23.3. The summed E-state index contributed by atoms with van der Waals surface area (Å²) in [7, 11) is 0. The first-order chi connectivity index (χ1) is 15.1. The zero-order valence-corrected chi connectivity index (χ0v) is 18.9. The van der Waals surface area contributed by atoms with Crippen molar-refractivity contribution in [3.05, 3.63) is 54.1 Å². The first-order valence-electron chi connectivity index (χ1n) is 11.8.